The highest BCUT2D eigenvalue weighted by atomic mass is 32.2. The Morgan fingerprint density at radius 2 is 2.00 bits per heavy atom. The van der Waals surface area contributed by atoms with Crippen LogP contribution in [0.2, 0.25) is 0 Å². The molecular formula is C19H15NO4S2. The van der Waals surface area contributed by atoms with Gasteiger partial charge in [-0.05, 0) is 48.9 Å². The molecule has 1 aliphatic heterocycles. The van der Waals surface area contributed by atoms with Gasteiger partial charge in [0.2, 0.25) is 0 Å². The van der Waals surface area contributed by atoms with E-state index in [0.29, 0.717) is 21.5 Å². The monoisotopic (exact) mass is 385 g/mol. The quantitative estimate of drug-likeness (QED) is 0.615. The highest BCUT2D eigenvalue weighted by molar-refractivity contribution is 8.27. The van der Waals surface area contributed by atoms with Gasteiger partial charge in [0.15, 0.2) is 4.32 Å². The summed E-state index contributed by atoms with van der Waals surface area (Å²) in [6, 6.07) is 13.6. The van der Waals surface area contributed by atoms with Crippen molar-refractivity contribution in [3.63, 3.8) is 0 Å². The predicted molar refractivity (Wildman–Crippen MR) is 107 cm³/mol. The number of nitrogens with zero attached hydrogens (tertiary/aromatic N) is 1. The number of rotatable bonds is 5. The van der Waals surface area contributed by atoms with Crippen molar-refractivity contribution in [3.05, 3.63) is 64.6 Å². The lowest BCUT2D eigenvalue weighted by Crippen LogP contribution is -2.27. The first kappa shape index (κ1) is 18.2. The molecule has 0 unspecified atom stereocenters. The summed E-state index contributed by atoms with van der Waals surface area (Å²) in [5.41, 5.74) is 1.41. The number of carboxylic acid groups (broad SMARTS) is 1. The van der Waals surface area contributed by atoms with Crippen molar-refractivity contribution in [2.24, 2.45) is 0 Å². The summed E-state index contributed by atoms with van der Waals surface area (Å²) in [6.45, 7) is 2.51. The third kappa shape index (κ3) is 3.79. The van der Waals surface area contributed by atoms with Gasteiger partial charge in [-0.15, -0.1) is 0 Å². The molecule has 3 rings (SSSR count). The van der Waals surface area contributed by atoms with Gasteiger partial charge in [0.1, 0.15) is 5.75 Å². The van der Waals surface area contributed by atoms with Gasteiger partial charge >= 0.3 is 5.97 Å². The van der Waals surface area contributed by atoms with Crippen LogP contribution in [0.4, 0.5) is 5.69 Å². The fourth-order valence-corrected chi connectivity index (χ4v) is 3.75. The van der Waals surface area contributed by atoms with Crippen molar-refractivity contribution in [2.45, 2.75) is 6.92 Å². The van der Waals surface area contributed by atoms with Gasteiger partial charge < -0.3 is 9.84 Å². The number of carboxylic acids is 1. The van der Waals surface area contributed by atoms with E-state index in [4.69, 9.17) is 22.1 Å². The summed E-state index contributed by atoms with van der Waals surface area (Å²) in [5, 5.41) is 9.13. The van der Waals surface area contributed by atoms with Crippen molar-refractivity contribution in [2.75, 3.05) is 11.5 Å². The van der Waals surface area contributed by atoms with Crippen molar-refractivity contribution in [1.82, 2.24) is 0 Å². The molecule has 0 aliphatic carbocycles. The molecule has 0 bridgehead atoms. The Morgan fingerprint density at radius 3 is 2.65 bits per heavy atom. The van der Waals surface area contributed by atoms with E-state index in [9.17, 15) is 9.59 Å². The van der Waals surface area contributed by atoms with E-state index in [0.717, 1.165) is 11.3 Å². The Balaban J connectivity index is 1.86. The summed E-state index contributed by atoms with van der Waals surface area (Å²) in [4.78, 5) is 25.7. The molecule has 1 amide bonds. The molecule has 2 aromatic carbocycles. The fourth-order valence-electron chi connectivity index (χ4n) is 2.45. The summed E-state index contributed by atoms with van der Waals surface area (Å²) in [6.07, 6.45) is 1.76. The molecular weight excluding hydrogens is 370 g/mol. The van der Waals surface area contributed by atoms with Gasteiger partial charge in [-0.2, -0.15) is 0 Å². The van der Waals surface area contributed by atoms with Gasteiger partial charge in [0, 0.05) is 0 Å². The molecule has 0 saturated carbocycles. The molecule has 0 aromatic heterocycles. The average Bonchev–Trinajstić information content (AvgIpc) is 2.90. The predicted octanol–water partition coefficient (Wildman–Crippen LogP) is 4.19. The maximum atomic E-state index is 12.7. The highest BCUT2D eigenvalue weighted by Crippen LogP contribution is 2.36. The van der Waals surface area contributed by atoms with E-state index in [2.05, 4.69) is 0 Å². The van der Waals surface area contributed by atoms with Gasteiger partial charge in [-0.3, -0.25) is 9.69 Å². The Morgan fingerprint density at radius 1 is 1.27 bits per heavy atom. The highest BCUT2D eigenvalue weighted by Gasteiger charge is 2.33. The second kappa shape index (κ2) is 7.72. The zero-order chi connectivity index (χ0) is 18.7. The van der Waals surface area contributed by atoms with Crippen LogP contribution in [0.25, 0.3) is 6.08 Å². The van der Waals surface area contributed by atoms with E-state index >= 15 is 0 Å². The van der Waals surface area contributed by atoms with Crippen LogP contribution in [0.15, 0.2) is 53.4 Å². The number of anilines is 1. The van der Waals surface area contributed by atoms with E-state index in [1.54, 1.807) is 18.2 Å². The number of carbonyl (C=O) groups is 2. The minimum absolute atomic E-state index is 0.104. The number of ether oxygens (including phenoxy) is 1. The maximum absolute atomic E-state index is 12.7. The number of thiocarbonyl (C=S) groups is 1. The Kier molecular flexibility index (Phi) is 5.39. The molecule has 0 radical (unpaired) electrons. The minimum Gasteiger partial charge on any atom is -0.494 e. The SMILES string of the molecule is CCOc1ccc(/C=C2\SC(=S)N(c3cccc(C(=O)O)c3)C2=O)cc1. The number of amides is 1. The van der Waals surface area contributed by atoms with Crippen molar-refractivity contribution < 1.29 is 19.4 Å². The first-order valence-electron chi connectivity index (χ1n) is 7.84. The molecule has 1 aliphatic rings. The van der Waals surface area contributed by atoms with E-state index in [1.807, 2.05) is 31.2 Å². The third-order valence-electron chi connectivity index (χ3n) is 3.63. The number of carbonyl (C=O) groups excluding carboxylic acids is 1. The topological polar surface area (TPSA) is 66.8 Å². The number of hydrogen-bond acceptors (Lipinski definition) is 5. The van der Waals surface area contributed by atoms with Gasteiger partial charge in [-0.1, -0.05) is 42.2 Å². The number of benzene rings is 2. The van der Waals surface area contributed by atoms with Crippen LogP contribution in [-0.4, -0.2) is 27.9 Å². The Labute approximate surface area is 160 Å². The summed E-state index contributed by atoms with van der Waals surface area (Å²) >= 11 is 6.51. The van der Waals surface area contributed by atoms with Crippen LogP contribution in [-0.2, 0) is 4.79 Å². The first-order chi connectivity index (χ1) is 12.5. The molecule has 1 saturated heterocycles. The zero-order valence-corrected chi connectivity index (χ0v) is 15.5. The molecule has 26 heavy (non-hydrogen) atoms. The maximum Gasteiger partial charge on any atom is 0.335 e. The normalized spacial score (nSPS) is 15.6. The summed E-state index contributed by atoms with van der Waals surface area (Å²) in [7, 11) is 0. The second-order valence-corrected chi connectivity index (χ2v) is 7.05. The summed E-state index contributed by atoms with van der Waals surface area (Å²) in [5.74, 6) is -0.554. The van der Waals surface area contributed by atoms with Gasteiger partial charge in [0.05, 0.1) is 22.8 Å². The molecule has 7 heteroatoms. The van der Waals surface area contributed by atoms with Crippen LogP contribution in [0.5, 0.6) is 5.75 Å². The van der Waals surface area contributed by atoms with Crippen LogP contribution >= 0.6 is 24.0 Å². The Bertz CT molecular complexity index is 906. The minimum atomic E-state index is -1.05. The van der Waals surface area contributed by atoms with Crippen molar-refractivity contribution in [3.8, 4) is 5.75 Å². The molecule has 5 nitrogen and oxygen atoms in total. The lowest BCUT2D eigenvalue weighted by Gasteiger charge is -2.14. The first-order valence-corrected chi connectivity index (χ1v) is 9.06. The molecule has 0 spiro atoms. The van der Waals surface area contributed by atoms with Gasteiger partial charge in [-0.25, -0.2) is 4.79 Å². The summed E-state index contributed by atoms with van der Waals surface area (Å²) < 4.78 is 5.77. The lowest BCUT2D eigenvalue weighted by molar-refractivity contribution is -0.113. The average molecular weight is 385 g/mol. The van der Waals surface area contributed by atoms with Crippen molar-refractivity contribution in [1.29, 1.82) is 0 Å². The smallest absolute Gasteiger partial charge is 0.335 e. The molecule has 2 aromatic rings. The van der Waals surface area contributed by atoms with Crippen LogP contribution in [0.3, 0.4) is 0 Å². The van der Waals surface area contributed by atoms with E-state index in [1.165, 1.54) is 28.8 Å². The molecule has 1 N–H and O–H groups in total. The van der Waals surface area contributed by atoms with Crippen LogP contribution in [0, 0.1) is 0 Å². The third-order valence-corrected chi connectivity index (χ3v) is 4.94. The molecule has 0 atom stereocenters. The Hall–Kier alpha value is -2.64. The van der Waals surface area contributed by atoms with Crippen LogP contribution < -0.4 is 9.64 Å². The standard InChI is InChI=1S/C19H15NO4S2/c1-2-24-15-8-6-12(7-9-15)10-16-17(21)20(19(25)26-16)14-5-3-4-13(11-14)18(22)23/h3-11H,2H2,1H3,(H,22,23)/b16-10-. The molecule has 1 heterocycles. The number of thioether (sulfide) groups is 1. The zero-order valence-electron chi connectivity index (χ0n) is 13.8. The molecule has 1 fully saturated rings. The van der Waals surface area contributed by atoms with Crippen LogP contribution in [0.1, 0.15) is 22.8 Å². The van der Waals surface area contributed by atoms with Gasteiger partial charge in [0.25, 0.3) is 5.91 Å². The molecule has 132 valence electrons. The largest absolute Gasteiger partial charge is 0.494 e. The fraction of sp³-hybridized carbons (Fsp3) is 0.105. The second-order valence-electron chi connectivity index (χ2n) is 5.37. The number of hydrogen-bond donors (Lipinski definition) is 1. The number of aromatic carboxylic acids is 1. The van der Waals surface area contributed by atoms with E-state index in [-0.39, 0.29) is 11.5 Å². The van der Waals surface area contributed by atoms with Crippen molar-refractivity contribution >= 4 is 51.9 Å². The van der Waals surface area contributed by atoms with E-state index < -0.39 is 5.97 Å². The lowest BCUT2D eigenvalue weighted by atomic mass is 10.2.